The van der Waals surface area contributed by atoms with Crippen molar-refractivity contribution in [3.8, 4) is 28.5 Å². The number of aryl methyl sites for hydroxylation is 2. The number of carbonyl (C=O) groups excluding carboxylic acids is 1. The zero-order valence-corrected chi connectivity index (χ0v) is 18.2. The molecule has 3 aromatic rings. The van der Waals surface area contributed by atoms with Crippen molar-refractivity contribution in [1.82, 2.24) is 9.88 Å². The number of carbonyl (C=O) groups is 1. The minimum Gasteiger partial charge on any atom is -0.493 e. The second-order valence-electron chi connectivity index (χ2n) is 6.68. The van der Waals surface area contributed by atoms with Gasteiger partial charge in [0.15, 0.2) is 11.5 Å². The van der Waals surface area contributed by atoms with E-state index in [4.69, 9.17) is 25.8 Å². The summed E-state index contributed by atoms with van der Waals surface area (Å²) in [7, 11) is 3.14. The van der Waals surface area contributed by atoms with Gasteiger partial charge in [-0.25, -0.2) is 4.79 Å². The molecule has 0 radical (unpaired) electrons. The fourth-order valence-electron chi connectivity index (χ4n) is 3.37. The second kappa shape index (κ2) is 9.59. The Morgan fingerprint density at radius 3 is 2.47 bits per heavy atom. The summed E-state index contributed by atoms with van der Waals surface area (Å²) >= 11 is 6.02. The molecule has 0 atom stereocenters. The standard InChI is InChI=1S/C23H25ClN2O4/c1-5-26-14-15(2)20(16-9-11-18(24)12-10-16)22(26)30-23(27)25-13-17-7-6-8-19(28-3)21(17)29-4/h6-12,14H,5,13H2,1-4H3,(H,25,27). The van der Waals surface area contributed by atoms with E-state index in [2.05, 4.69) is 5.32 Å². The van der Waals surface area contributed by atoms with Gasteiger partial charge in [-0.05, 0) is 43.2 Å². The van der Waals surface area contributed by atoms with Crippen LogP contribution in [-0.2, 0) is 13.1 Å². The third-order valence-electron chi connectivity index (χ3n) is 4.79. The first-order valence-corrected chi connectivity index (χ1v) is 9.97. The molecule has 0 spiro atoms. The van der Waals surface area contributed by atoms with Crippen LogP contribution in [0.15, 0.2) is 48.7 Å². The number of methoxy groups -OCH3 is 2. The van der Waals surface area contributed by atoms with Crippen molar-refractivity contribution < 1.29 is 19.0 Å². The molecular formula is C23H25ClN2O4. The molecule has 3 rings (SSSR count). The summed E-state index contributed by atoms with van der Waals surface area (Å²) in [6, 6.07) is 13.0. The van der Waals surface area contributed by atoms with Gasteiger partial charge in [-0.15, -0.1) is 0 Å². The molecule has 0 saturated heterocycles. The lowest BCUT2D eigenvalue weighted by molar-refractivity contribution is 0.196. The number of halogens is 1. The Hall–Kier alpha value is -3.12. The van der Waals surface area contributed by atoms with Gasteiger partial charge in [-0.1, -0.05) is 35.9 Å². The first-order valence-electron chi connectivity index (χ1n) is 9.59. The lowest BCUT2D eigenvalue weighted by Crippen LogP contribution is -2.27. The first kappa shape index (κ1) is 21.6. The van der Waals surface area contributed by atoms with Crippen molar-refractivity contribution >= 4 is 17.7 Å². The van der Waals surface area contributed by atoms with Crippen LogP contribution >= 0.6 is 11.6 Å². The third kappa shape index (κ3) is 4.54. The second-order valence-corrected chi connectivity index (χ2v) is 7.12. The molecule has 158 valence electrons. The maximum atomic E-state index is 12.6. The molecule has 0 aliphatic heterocycles. The van der Waals surface area contributed by atoms with Gasteiger partial charge in [0.25, 0.3) is 0 Å². The smallest absolute Gasteiger partial charge is 0.414 e. The number of hydrogen-bond donors (Lipinski definition) is 1. The molecule has 1 heterocycles. The van der Waals surface area contributed by atoms with Gasteiger partial charge < -0.3 is 24.1 Å². The highest BCUT2D eigenvalue weighted by Gasteiger charge is 2.19. The number of amides is 1. The van der Waals surface area contributed by atoms with E-state index < -0.39 is 6.09 Å². The molecule has 6 nitrogen and oxygen atoms in total. The van der Waals surface area contributed by atoms with Crippen LogP contribution in [-0.4, -0.2) is 24.9 Å². The van der Waals surface area contributed by atoms with Gasteiger partial charge in [0, 0.05) is 35.4 Å². The van der Waals surface area contributed by atoms with Crippen molar-refractivity contribution in [3.05, 3.63) is 64.8 Å². The Morgan fingerprint density at radius 2 is 1.83 bits per heavy atom. The van der Waals surface area contributed by atoms with Crippen LogP contribution in [0.5, 0.6) is 17.4 Å². The van der Waals surface area contributed by atoms with E-state index in [1.165, 1.54) is 0 Å². The molecule has 1 aromatic heterocycles. The highest BCUT2D eigenvalue weighted by atomic mass is 35.5. The van der Waals surface area contributed by atoms with Crippen LogP contribution in [0.25, 0.3) is 11.1 Å². The van der Waals surface area contributed by atoms with E-state index >= 15 is 0 Å². The molecule has 0 bridgehead atoms. The molecule has 0 aliphatic rings. The van der Waals surface area contributed by atoms with E-state index in [-0.39, 0.29) is 6.54 Å². The zero-order chi connectivity index (χ0) is 21.7. The van der Waals surface area contributed by atoms with Crippen LogP contribution in [0.4, 0.5) is 4.79 Å². The van der Waals surface area contributed by atoms with E-state index in [1.807, 2.05) is 61.0 Å². The van der Waals surface area contributed by atoms with Crippen molar-refractivity contribution in [3.63, 3.8) is 0 Å². The van der Waals surface area contributed by atoms with E-state index in [1.54, 1.807) is 20.3 Å². The monoisotopic (exact) mass is 428 g/mol. The quantitative estimate of drug-likeness (QED) is 0.544. The lowest BCUT2D eigenvalue weighted by Gasteiger charge is -2.14. The predicted molar refractivity (Wildman–Crippen MR) is 118 cm³/mol. The normalized spacial score (nSPS) is 10.6. The zero-order valence-electron chi connectivity index (χ0n) is 17.5. The summed E-state index contributed by atoms with van der Waals surface area (Å²) in [4.78, 5) is 12.6. The largest absolute Gasteiger partial charge is 0.493 e. The Labute approximate surface area is 181 Å². The van der Waals surface area contributed by atoms with Gasteiger partial charge in [-0.2, -0.15) is 0 Å². The summed E-state index contributed by atoms with van der Waals surface area (Å²) in [5.74, 6) is 1.67. The van der Waals surface area contributed by atoms with Gasteiger partial charge in [0.05, 0.1) is 14.2 Å². The van der Waals surface area contributed by atoms with Gasteiger partial charge in [0.1, 0.15) is 0 Å². The topological polar surface area (TPSA) is 61.7 Å². The van der Waals surface area contributed by atoms with Gasteiger partial charge in [0.2, 0.25) is 5.88 Å². The number of rotatable bonds is 7. The van der Waals surface area contributed by atoms with E-state index in [0.717, 1.165) is 22.3 Å². The van der Waals surface area contributed by atoms with Crippen molar-refractivity contribution in [2.75, 3.05) is 14.2 Å². The number of nitrogens with one attached hydrogen (secondary N) is 1. The average molecular weight is 429 g/mol. The number of aromatic nitrogens is 1. The Balaban J connectivity index is 1.81. The summed E-state index contributed by atoms with van der Waals surface area (Å²) in [6.07, 6.45) is 1.42. The highest BCUT2D eigenvalue weighted by molar-refractivity contribution is 6.30. The summed E-state index contributed by atoms with van der Waals surface area (Å²) in [5.41, 5.74) is 3.59. The molecule has 0 saturated carbocycles. The van der Waals surface area contributed by atoms with Crippen LogP contribution < -0.4 is 19.5 Å². The molecule has 30 heavy (non-hydrogen) atoms. The molecule has 0 unspecified atom stereocenters. The van der Waals surface area contributed by atoms with Crippen LogP contribution in [0.1, 0.15) is 18.1 Å². The predicted octanol–water partition coefficient (Wildman–Crippen LogP) is 5.44. The number of hydrogen-bond acceptors (Lipinski definition) is 4. The first-order chi connectivity index (χ1) is 14.5. The van der Waals surface area contributed by atoms with Crippen molar-refractivity contribution in [2.45, 2.75) is 26.9 Å². The lowest BCUT2D eigenvalue weighted by atomic mass is 10.1. The van der Waals surface area contributed by atoms with E-state index in [9.17, 15) is 4.79 Å². The fourth-order valence-corrected chi connectivity index (χ4v) is 3.49. The molecule has 2 aromatic carbocycles. The molecule has 0 aliphatic carbocycles. The molecule has 7 heteroatoms. The summed E-state index contributed by atoms with van der Waals surface area (Å²) < 4.78 is 18.4. The molecule has 1 amide bonds. The molecular weight excluding hydrogens is 404 g/mol. The molecule has 0 fully saturated rings. The maximum absolute atomic E-state index is 12.6. The van der Waals surface area contributed by atoms with Crippen LogP contribution in [0.2, 0.25) is 5.02 Å². The minimum atomic E-state index is -0.553. The fraction of sp³-hybridized carbons (Fsp3) is 0.261. The van der Waals surface area contributed by atoms with Crippen molar-refractivity contribution in [1.29, 1.82) is 0 Å². The highest BCUT2D eigenvalue weighted by Crippen LogP contribution is 2.36. The number of benzene rings is 2. The number of para-hydroxylation sites is 1. The van der Waals surface area contributed by atoms with Gasteiger partial charge in [-0.3, -0.25) is 0 Å². The summed E-state index contributed by atoms with van der Waals surface area (Å²) in [6.45, 7) is 4.89. The van der Waals surface area contributed by atoms with Crippen LogP contribution in [0, 0.1) is 6.92 Å². The Bertz CT molecular complexity index is 1030. The van der Waals surface area contributed by atoms with E-state index in [0.29, 0.717) is 28.9 Å². The Kier molecular flexibility index (Phi) is 6.90. The Morgan fingerprint density at radius 1 is 1.10 bits per heavy atom. The van der Waals surface area contributed by atoms with Crippen LogP contribution in [0.3, 0.4) is 0 Å². The van der Waals surface area contributed by atoms with Gasteiger partial charge >= 0.3 is 6.09 Å². The summed E-state index contributed by atoms with van der Waals surface area (Å²) in [5, 5.41) is 3.44. The number of ether oxygens (including phenoxy) is 3. The molecule has 1 N–H and O–H groups in total. The third-order valence-corrected chi connectivity index (χ3v) is 5.04. The average Bonchev–Trinajstić information content (AvgIpc) is 3.07. The maximum Gasteiger partial charge on any atom is 0.414 e. The van der Waals surface area contributed by atoms with Crippen molar-refractivity contribution in [2.24, 2.45) is 0 Å². The SMILES string of the molecule is CCn1cc(C)c(-c2ccc(Cl)cc2)c1OC(=O)NCc1cccc(OC)c1OC. The minimum absolute atomic E-state index is 0.237. The number of nitrogens with zero attached hydrogens (tertiary/aromatic N) is 1.